The van der Waals surface area contributed by atoms with Crippen molar-refractivity contribution in [3.05, 3.63) is 119 Å². The summed E-state index contributed by atoms with van der Waals surface area (Å²) in [6.45, 7) is 2.58. The molecule has 3 N–H and O–H groups in total. The number of carbonyl (C=O) groups is 2. The van der Waals surface area contributed by atoms with Crippen LogP contribution in [0.15, 0.2) is 89.5 Å². The molecule has 2 amide bonds. The molecule has 1 fully saturated rings. The monoisotopic (exact) mass is 636 g/mol. The topological polar surface area (TPSA) is 117 Å². The normalized spacial score (nSPS) is 16.2. The Labute approximate surface area is 264 Å². The molecule has 1 aliphatic rings. The summed E-state index contributed by atoms with van der Waals surface area (Å²) >= 11 is 0. The van der Waals surface area contributed by atoms with Crippen LogP contribution in [-0.4, -0.2) is 58.6 Å². The first-order valence-electron chi connectivity index (χ1n) is 15.0. The van der Waals surface area contributed by atoms with E-state index in [-0.39, 0.29) is 36.4 Å². The van der Waals surface area contributed by atoms with Gasteiger partial charge in [-0.2, -0.15) is 0 Å². The second-order valence-corrected chi connectivity index (χ2v) is 11.3. The summed E-state index contributed by atoms with van der Waals surface area (Å²) < 4.78 is 47.2. The number of nitrogens with zero attached hydrogens (tertiary/aromatic N) is 2. The van der Waals surface area contributed by atoms with Crippen LogP contribution >= 0.6 is 0 Å². The number of aliphatic hydroxyl groups is 1. The molecule has 1 aliphatic heterocycles. The molecule has 46 heavy (non-hydrogen) atoms. The number of rotatable bonds is 12. The number of hydrogen-bond donors (Lipinski definition) is 3. The van der Waals surface area contributed by atoms with E-state index in [9.17, 15) is 27.9 Å². The number of aromatic nitrogens is 1. The lowest BCUT2D eigenvalue weighted by Gasteiger charge is -2.25. The Morgan fingerprint density at radius 2 is 1.76 bits per heavy atom. The van der Waals surface area contributed by atoms with Crippen molar-refractivity contribution >= 4 is 11.8 Å². The minimum atomic E-state index is -4.80. The third-order valence-corrected chi connectivity index (χ3v) is 7.75. The number of aliphatic hydroxyl groups excluding tert-OH is 1. The van der Waals surface area contributed by atoms with Gasteiger partial charge < -0.3 is 29.9 Å². The Bertz CT molecular complexity index is 1630. The summed E-state index contributed by atoms with van der Waals surface area (Å²) in [4.78, 5) is 28.7. The minimum Gasteiger partial charge on any atom is -0.406 e. The highest BCUT2D eigenvalue weighted by Gasteiger charge is 2.34. The first-order chi connectivity index (χ1) is 22.1. The molecule has 0 saturated carbocycles. The van der Waals surface area contributed by atoms with Gasteiger partial charge in [0.1, 0.15) is 5.75 Å². The van der Waals surface area contributed by atoms with E-state index < -0.39 is 24.4 Å². The second kappa shape index (κ2) is 14.6. The van der Waals surface area contributed by atoms with Crippen LogP contribution in [0.2, 0.25) is 0 Å². The zero-order valence-electron chi connectivity index (χ0n) is 25.2. The van der Waals surface area contributed by atoms with E-state index in [2.05, 4.69) is 20.5 Å². The zero-order valence-corrected chi connectivity index (χ0v) is 25.2. The molecule has 3 aromatic carbocycles. The summed E-state index contributed by atoms with van der Waals surface area (Å²) in [6.07, 6.45) is -3.98. The van der Waals surface area contributed by atoms with Gasteiger partial charge in [0.25, 0.3) is 11.8 Å². The number of halogens is 3. The summed E-state index contributed by atoms with van der Waals surface area (Å²) in [5.41, 5.74) is 2.76. The van der Waals surface area contributed by atoms with E-state index in [0.717, 1.165) is 24.1 Å². The molecule has 9 nitrogen and oxygen atoms in total. The molecule has 1 aromatic heterocycles. The van der Waals surface area contributed by atoms with Gasteiger partial charge in [-0.3, -0.25) is 9.59 Å². The number of aryl methyl sites for hydroxylation is 1. The van der Waals surface area contributed by atoms with Crippen molar-refractivity contribution in [2.24, 2.45) is 0 Å². The van der Waals surface area contributed by atoms with Crippen molar-refractivity contribution < 1.29 is 37.1 Å². The third kappa shape index (κ3) is 8.73. The van der Waals surface area contributed by atoms with Crippen molar-refractivity contribution in [3.8, 4) is 5.75 Å². The molecule has 2 heterocycles. The molecule has 5 rings (SSSR count). The summed E-state index contributed by atoms with van der Waals surface area (Å²) in [5, 5.41) is 21.1. The molecular formula is C34H35F3N4O5. The van der Waals surface area contributed by atoms with Gasteiger partial charge in [-0.15, -0.1) is 13.2 Å². The lowest BCUT2D eigenvalue weighted by atomic mass is 10.00. The number of hydrogen-bond acceptors (Lipinski definition) is 7. The van der Waals surface area contributed by atoms with Crippen LogP contribution in [0, 0.1) is 6.92 Å². The summed E-state index contributed by atoms with van der Waals surface area (Å²) in [6, 6.07) is 22.2. The van der Waals surface area contributed by atoms with Gasteiger partial charge in [0.2, 0.25) is 0 Å². The maximum atomic E-state index is 13.5. The Morgan fingerprint density at radius 3 is 2.50 bits per heavy atom. The van der Waals surface area contributed by atoms with Crippen LogP contribution in [-0.2, 0) is 13.0 Å². The summed E-state index contributed by atoms with van der Waals surface area (Å²) in [5.74, 6) is -0.391. The quantitative estimate of drug-likeness (QED) is 0.192. The fourth-order valence-electron chi connectivity index (χ4n) is 5.57. The van der Waals surface area contributed by atoms with Gasteiger partial charge in [0, 0.05) is 36.8 Å². The fourth-order valence-corrected chi connectivity index (χ4v) is 5.57. The molecule has 0 radical (unpaired) electrons. The first-order valence-corrected chi connectivity index (χ1v) is 15.0. The third-order valence-electron chi connectivity index (χ3n) is 7.75. The number of amides is 2. The highest BCUT2D eigenvalue weighted by Crippen LogP contribution is 2.33. The highest BCUT2D eigenvalue weighted by atomic mass is 19.4. The number of alkyl halides is 3. The number of ether oxygens (including phenoxy) is 1. The highest BCUT2D eigenvalue weighted by molar-refractivity contribution is 6.00. The van der Waals surface area contributed by atoms with Crippen LogP contribution in [0.5, 0.6) is 5.75 Å². The predicted octanol–water partition coefficient (Wildman–Crippen LogP) is 5.35. The number of benzene rings is 3. The van der Waals surface area contributed by atoms with Crippen molar-refractivity contribution in [2.45, 2.75) is 57.3 Å². The maximum Gasteiger partial charge on any atom is 0.573 e. The van der Waals surface area contributed by atoms with E-state index in [1.807, 2.05) is 43.3 Å². The first kappa shape index (κ1) is 32.7. The largest absolute Gasteiger partial charge is 0.573 e. The number of carbonyl (C=O) groups excluding carboxylic acids is 2. The molecule has 4 aromatic rings. The van der Waals surface area contributed by atoms with E-state index in [1.165, 1.54) is 18.2 Å². The molecule has 1 saturated heterocycles. The maximum absolute atomic E-state index is 13.5. The van der Waals surface area contributed by atoms with Crippen LogP contribution in [0.3, 0.4) is 0 Å². The minimum absolute atomic E-state index is 0.0398. The van der Waals surface area contributed by atoms with Gasteiger partial charge in [-0.25, -0.2) is 0 Å². The molecule has 242 valence electrons. The Kier molecular flexibility index (Phi) is 10.4. The van der Waals surface area contributed by atoms with Gasteiger partial charge in [0.15, 0.2) is 5.76 Å². The Morgan fingerprint density at radius 1 is 1.02 bits per heavy atom. The molecule has 0 bridgehead atoms. The molecule has 3 atom stereocenters. The lowest BCUT2D eigenvalue weighted by Crippen LogP contribution is -2.48. The van der Waals surface area contributed by atoms with Gasteiger partial charge in [-0.05, 0) is 67.6 Å². The second-order valence-electron chi connectivity index (χ2n) is 11.3. The average Bonchev–Trinajstić information content (AvgIpc) is 3.69. The lowest BCUT2D eigenvalue weighted by molar-refractivity contribution is -0.274. The Balaban J connectivity index is 1.25. The predicted molar refractivity (Wildman–Crippen MR) is 163 cm³/mol. The van der Waals surface area contributed by atoms with Gasteiger partial charge in [-0.1, -0.05) is 53.7 Å². The Hall–Kier alpha value is -4.68. The smallest absolute Gasteiger partial charge is 0.406 e. The van der Waals surface area contributed by atoms with Crippen LogP contribution in [0.4, 0.5) is 13.2 Å². The van der Waals surface area contributed by atoms with E-state index in [1.54, 1.807) is 35.2 Å². The zero-order chi connectivity index (χ0) is 32.7. The molecular weight excluding hydrogens is 601 g/mol. The standard InChI is InChI=1S/C34H35F3N4O5/c1-22-16-31(46-40-22)29-14-7-15-41(29)33(44)26-12-6-11-25(19-26)32(43)39-28(18-23-8-3-2-4-9-23)30(42)21-38-20-24-10-5-13-27(17-24)45-34(35,36)37/h2-6,8-13,16-17,19,28-30,38,42H,7,14-15,18,20-21H2,1H3,(H,39,43). The van der Waals surface area contributed by atoms with Crippen molar-refractivity contribution in [3.63, 3.8) is 0 Å². The molecule has 3 unspecified atom stereocenters. The van der Waals surface area contributed by atoms with E-state index in [4.69, 9.17) is 4.52 Å². The van der Waals surface area contributed by atoms with Crippen molar-refractivity contribution in [1.29, 1.82) is 0 Å². The number of likely N-dealkylation sites (tertiary alicyclic amines) is 1. The number of nitrogens with one attached hydrogen (secondary N) is 2. The van der Waals surface area contributed by atoms with Gasteiger partial charge >= 0.3 is 6.36 Å². The molecule has 12 heteroatoms. The van der Waals surface area contributed by atoms with Gasteiger partial charge in [0.05, 0.1) is 23.9 Å². The van der Waals surface area contributed by atoms with E-state index >= 15 is 0 Å². The fraction of sp³-hybridized carbons (Fsp3) is 0.324. The summed E-state index contributed by atoms with van der Waals surface area (Å²) in [7, 11) is 0. The SMILES string of the molecule is Cc1cc(C2CCCN2C(=O)c2cccc(C(=O)NC(Cc3ccccc3)C(O)CNCc3cccc(OC(F)(F)F)c3)c2)on1. The van der Waals surface area contributed by atoms with E-state index in [0.29, 0.717) is 29.9 Å². The molecule has 0 aliphatic carbocycles. The average molecular weight is 637 g/mol. The van der Waals surface area contributed by atoms with Crippen LogP contribution < -0.4 is 15.4 Å². The van der Waals surface area contributed by atoms with Crippen molar-refractivity contribution in [2.75, 3.05) is 13.1 Å². The van der Waals surface area contributed by atoms with Crippen molar-refractivity contribution in [1.82, 2.24) is 20.7 Å². The van der Waals surface area contributed by atoms with Crippen LogP contribution in [0.25, 0.3) is 0 Å². The van der Waals surface area contributed by atoms with Crippen LogP contribution in [0.1, 0.15) is 62.2 Å². The molecule has 0 spiro atoms.